The minimum absolute atomic E-state index is 0.0364. The molecule has 2 amide bonds. The van der Waals surface area contributed by atoms with Crippen LogP contribution in [0.5, 0.6) is 0 Å². The lowest BCUT2D eigenvalue weighted by Crippen LogP contribution is -2.52. The van der Waals surface area contributed by atoms with E-state index in [4.69, 9.17) is 0 Å². The maximum absolute atomic E-state index is 13.6. The van der Waals surface area contributed by atoms with Gasteiger partial charge in [0.1, 0.15) is 5.82 Å². The van der Waals surface area contributed by atoms with Crippen LogP contribution in [0.1, 0.15) is 47.8 Å². The van der Waals surface area contributed by atoms with Gasteiger partial charge in [-0.2, -0.15) is 0 Å². The van der Waals surface area contributed by atoms with Gasteiger partial charge in [0, 0.05) is 36.3 Å². The number of hydrogen-bond donors (Lipinski definition) is 2. The second-order valence-corrected chi connectivity index (χ2v) is 10.5. The number of hydrogen-bond acceptors (Lipinski definition) is 4. The summed E-state index contributed by atoms with van der Waals surface area (Å²) >= 11 is 0. The molecule has 6 rings (SSSR count). The Morgan fingerprint density at radius 3 is 2.49 bits per heavy atom. The van der Waals surface area contributed by atoms with Gasteiger partial charge in [0.25, 0.3) is 5.91 Å². The van der Waals surface area contributed by atoms with Crippen LogP contribution in [-0.2, 0) is 4.79 Å². The van der Waals surface area contributed by atoms with Gasteiger partial charge >= 0.3 is 0 Å². The predicted octanol–water partition coefficient (Wildman–Crippen LogP) is 4.15. The Kier molecular flexibility index (Phi) is 5.58. The van der Waals surface area contributed by atoms with Crippen LogP contribution in [0.3, 0.4) is 0 Å². The zero-order valence-electron chi connectivity index (χ0n) is 20.7. The molecule has 2 aliphatic rings. The average Bonchev–Trinajstić information content (AvgIpc) is 3.67. The number of aromatic nitrogens is 3. The number of rotatable bonds is 6. The molecule has 2 fully saturated rings. The molecule has 2 N–H and O–H groups in total. The second-order valence-electron chi connectivity index (χ2n) is 10.5. The largest absolute Gasteiger partial charge is 0.352 e. The van der Waals surface area contributed by atoms with Crippen LogP contribution in [-0.4, -0.2) is 67.5 Å². The van der Waals surface area contributed by atoms with Crippen molar-refractivity contribution in [2.45, 2.75) is 38.8 Å². The Morgan fingerprint density at radius 1 is 1.00 bits per heavy atom. The van der Waals surface area contributed by atoms with Crippen LogP contribution in [0.4, 0.5) is 4.39 Å². The number of para-hydroxylation sites is 2. The zero-order valence-corrected chi connectivity index (χ0v) is 20.7. The number of likely N-dealkylation sites (tertiary alicyclic amines) is 2. The van der Waals surface area contributed by atoms with E-state index in [1.165, 1.54) is 12.1 Å². The molecular formula is C28H28FN5O3. The molecule has 2 aromatic heterocycles. The summed E-state index contributed by atoms with van der Waals surface area (Å²) in [5, 5.41) is 0.627. The molecule has 2 bridgehead atoms. The van der Waals surface area contributed by atoms with Gasteiger partial charge in [-0.15, -0.1) is 0 Å². The molecule has 0 aliphatic carbocycles. The molecule has 2 saturated heterocycles. The lowest BCUT2D eigenvalue weighted by Gasteiger charge is -2.36. The van der Waals surface area contributed by atoms with Gasteiger partial charge in [-0.1, -0.05) is 26.0 Å². The van der Waals surface area contributed by atoms with Crippen molar-refractivity contribution in [3.63, 3.8) is 0 Å². The highest BCUT2D eigenvalue weighted by Crippen LogP contribution is 2.34. The smallest absolute Gasteiger partial charge is 0.290 e. The minimum Gasteiger partial charge on any atom is -0.352 e. The number of benzene rings is 2. The van der Waals surface area contributed by atoms with E-state index in [9.17, 15) is 18.8 Å². The van der Waals surface area contributed by atoms with E-state index < -0.39 is 5.92 Å². The molecule has 0 spiro atoms. The molecule has 2 aliphatic heterocycles. The molecule has 4 aromatic rings. The van der Waals surface area contributed by atoms with Crippen molar-refractivity contribution in [2.75, 3.05) is 13.1 Å². The van der Waals surface area contributed by atoms with Crippen LogP contribution >= 0.6 is 0 Å². The monoisotopic (exact) mass is 501 g/mol. The highest BCUT2D eigenvalue weighted by atomic mass is 19.1. The van der Waals surface area contributed by atoms with Crippen molar-refractivity contribution < 1.29 is 18.8 Å². The van der Waals surface area contributed by atoms with E-state index in [0.717, 1.165) is 17.5 Å². The Balaban J connectivity index is 1.14. The van der Waals surface area contributed by atoms with Crippen LogP contribution in [0.2, 0.25) is 0 Å². The first-order chi connectivity index (χ1) is 17.8. The lowest BCUT2D eigenvalue weighted by atomic mass is 9.88. The van der Waals surface area contributed by atoms with Gasteiger partial charge in [0.05, 0.1) is 28.8 Å². The van der Waals surface area contributed by atoms with Crippen molar-refractivity contribution >= 4 is 39.5 Å². The number of carbonyl (C=O) groups is 3. The number of nitrogens with zero attached hydrogens (tertiary/aromatic N) is 3. The van der Waals surface area contributed by atoms with E-state index in [-0.39, 0.29) is 47.8 Å². The minimum atomic E-state index is -0.477. The maximum Gasteiger partial charge on any atom is 0.290 e. The molecule has 9 heteroatoms. The highest BCUT2D eigenvalue weighted by molar-refractivity contribution is 6.01. The van der Waals surface area contributed by atoms with E-state index in [1.54, 1.807) is 12.1 Å². The normalized spacial score (nSPS) is 19.9. The summed E-state index contributed by atoms with van der Waals surface area (Å²) in [5.74, 6) is -0.932. The van der Waals surface area contributed by atoms with Gasteiger partial charge in [-0.05, 0) is 48.7 Å². The average molecular weight is 502 g/mol. The molecule has 0 radical (unpaired) electrons. The zero-order chi connectivity index (χ0) is 25.8. The third-order valence-electron chi connectivity index (χ3n) is 7.79. The van der Waals surface area contributed by atoms with Gasteiger partial charge in [-0.25, -0.2) is 9.37 Å². The van der Waals surface area contributed by atoms with Gasteiger partial charge < -0.3 is 19.8 Å². The highest BCUT2D eigenvalue weighted by Gasteiger charge is 2.49. The summed E-state index contributed by atoms with van der Waals surface area (Å²) in [7, 11) is 0. The molecule has 2 aromatic carbocycles. The Morgan fingerprint density at radius 2 is 1.76 bits per heavy atom. The summed E-state index contributed by atoms with van der Waals surface area (Å²) in [5.41, 5.74) is 2.63. The SMILES string of the molecule is CC(C)[C@H](CC(=O)c1cc2cc(F)ccc2[nH]1)C(=O)N1C[C@@H]2C[C@H]1CN2C(=O)c1nc2ccccc2[nH]1. The number of piperazine rings is 1. The first-order valence-electron chi connectivity index (χ1n) is 12.7. The van der Waals surface area contributed by atoms with Crippen molar-refractivity contribution in [3.8, 4) is 0 Å². The molecule has 3 atom stereocenters. The Bertz CT molecular complexity index is 1510. The van der Waals surface area contributed by atoms with E-state index in [1.807, 2.05) is 47.9 Å². The predicted molar refractivity (Wildman–Crippen MR) is 137 cm³/mol. The molecule has 0 saturated carbocycles. The number of halogens is 1. The number of imidazole rings is 1. The molecule has 190 valence electrons. The summed E-state index contributed by atoms with van der Waals surface area (Å²) < 4.78 is 13.6. The van der Waals surface area contributed by atoms with Crippen LogP contribution in [0, 0.1) is 17.7 Å². The fourth-order valence-corrected chi connectivity index (χ4v) is 5.76. The number of amides is 2. The summed E-state index contributed by atoms with van der Waals surface area (Å²) in [6.45, 7) is 4.81. The number of carbonyl (C=O) groups excluding carboxylic acids is 3. The van der Waals surface area contributed by atoms with Crippen LogP contribution < -0.4 is 0 Å². The fourth-order valence-electron chi connectivity index (χ4n) is 5.76. The standard InChI is InChI=1S/C28H28FN5O3/c1-15(2)20(12-25(35)24-10-16-9-17(29)7-8-21(16)30-24)27(36)33-13-19-11-18(33)14-34(19)28(37)26-31-22-5-3-4-6-23(22)32-26/h3-10,15,18-20,30H,11-14H2,1-2H3,(H,31,32)/t18-,19-,20-/m0/s1. The third-order valence-corrected chi connectivity index (χ3v) is 7.79. The van der Waals surface area contributed by atoms with E-state index in [2.05, 4.69) is 15.0 Å². The first kappa shape index (κ1) is 23.4. The van der Waals surface area contributed by atoms with Crippen molar-refractivity contribution in [1.29, 1.82) is 0 Å². The summed E-state index contributed by atoms with van der Waals surface area (Å²) in [4.78, 5) is 54.2. The third kappa shape index (κ3) is 4.08. The van der Waals surface area contributed by atoms with Crippen molar-refractivity contribution in [2.24, 2.45) is 11.8 Å². The quantitative estimate of drug-likeness (QED) is 0.388. The molecule has 8 nitrogen and oxygen atoms in total. The van der Waals surface area contributed by atoms with Crippen molar-refractivity contribution in [1.82, 2.24) is 24.8 Å². The van der Waals surface area contributed by atoms with E-state index in [0.29, 0.717) is 35.5 Å². The number of Topliss-reactive ketones (excluding diaryl/α,β-unsaturated/α-hetero) is 1. The van der Waals surface area contributed by atoms with Gasteiger partial charge in [0.15, 0.2) is 11.6 Å². The lowest BCUT2D eigenvalue weighted by molar-refractivity contribution is -0.139. The van der Waals surface area contributed by atoms with Gasteiger partial charge in [-0.3, -0.25) is 14.4 Å². The molecule has 37 heavy (non-hydrogen) atoms. The molecular weight excluding hydrogens is 473 g/mol. The Labute approximate surface area is 212 Å². The maximum atomic E-state index is 13.6. The Hall–Kier alpha value is -4.01. The number of ketones is 1. The van der Waals surface area contributed by atoms with Crippen LogP contribution in [0.25, 0.3) is 21.9 Å². The molecule has 4 heterocycles. The first-order valence-corrected chi connectivity index (χ1v) is 12.7. The summed E-state index contributed by atoms with van der Waals surface area (Å²) in [6.07, 6.45) is 0.797. The summed E-state index contributed by atoms with van der Waals surface area (Å²) in [6, 6.07) is 13.4. The fraction of sp³-hybridized carbons (Fsp3) is 0.357. The molecule has 0 unspecified atom stereocenters. The van der Waals surface area contributed by atoms with Crippen LogP contribution in [0.15, 0.2) is 48.5 Å². The van der Waals surface area contributed by atoms with Crippen molar-refractivity contribution in [3.05, 3.63) is 65.9 Å². The van der Waals surface area contributed by atoms with Gasteiger partial charge in [0.2, 0.25) is 5.91 Å². The number of nitrogens with one attached hydrogen (secondary N) is 2. The number of aromatic amines is 2. The van der Waals surface area contributed by atoms with E-state index >= 15 is 0 Å². The second kappa shape index (κ2) is 8.83. The number of fused-ring (bicyclic) bond motifs is 4. The topological polar surface area (TPSA) is 102 Å². The number of H-pyrrole nitrogens is 2.